The van der Waals surface area contributed by atoms with Crippen LogP contribution in [-0.2, 0) is 12.3 Å². The Labute approximate surface area is 172 Å². The summed E-state index contributed by atoms with van der Waals surface area (Å²) in [4.78, 5) is 0. The third-order valence-electron chi connectivity index (χ3n) is 6.43. The third kappa shape index (κ3) is 5.80. The number of benzene rings is 1. The first-order valence-electron chi connectivity index (χ1n) is 10.8. The Kier molecular flexibility index (Phi) is 6.98. The molecule has 0 radical (unpaired) electrons. The molecule has 1 aromatic carbocycles. The molecule has 0 bridgehead atoms. The molecular weight excluding hydrogens is 362 g/mol. The fourth-order valence-electron chi connectivity index (χ4n) is 5.16. The molecule has 0 unspecified atom stereocenters. The van der Waals surface area contributed by atoms with Crippen molar-refractivity contribution < 1.29 is 0 Å². The minimum absolute atomic E-state index is 0.0247. The highest BCUT2D eigenvalue weighted by Gasteiger charge is 2.43. The lowest BCUT2D eigenvalue weighted by Gasteiger charge is -2.50. The van der Waals surface area contributed by atoms with Crippen LogP contribution in [0, 0.1) is 0 Å². The fraction of sp³-hybridized carbons (Fsp3) is 0.760. The summed E-state index contributed by atoms with van der Waals surface area (Å²) in [6, 6.07) is 9.41. The van der Waals surface area contributed by atoms with E-state index in [0.29, 0.717) is 20.6 Å². The molecule has 0 N–H and O–H groups in total. The van der Waals surface area contributed by atoms with E-state index in [1.54, 1.807) is 11.1 Å². The number of hydrogen-bond acceptors (Lipinski definition) is 0. The smallest absolute Gasteiger partial charge is 0.00606 e. The van der Waals surface area contributed by atoms with Gasteiger partial charge in [-0.2, -0.15) is 0 Å². The highest BCUT2D eigenvalue weighted by Crippen LogP contribution is 2.68. The molecule has 0 aromatic heterocycles. The molecule has 0 saturated carbocycles. The number of rotatable bonds is 4. The van der Waals surface area contributed by atoms with Gasteiger partial charge in [0.15, 0.2) is 0 Å². The average molecular weight is 407 g/mol. The summed E-state index contributed by atoms with van der Waals surface area (Å²) in [6.07, 6.45) is 6.79. The second-order valence-corrected chi connectivity index (χ2v) is 19.2. The summed E-state index contributed by atoms with van der Waals surface area (Å²) < 4.78 is 0. The van der Waals surface area contributed by atoms with Crippen molar-refractivity contribution >= 4 is 15.8 Å². The molecule has 1 aromatic rings. The molecule has 0 aliphatic carbocycles. The van der Waals surface area contributed by atoms with E-state index in [9.17, 15) is 0 Å². The molecule has 2 rings (SSSR count). The zero-order chi connectivity index (χ0) is 20.7. The van der Waals surface area contributed by atoms with Crippen molar-refractivity contribution in [3.05, 3.63) is 35.4 Å². The van der Waals surface area contributed by atoms with Gasteiger partial charge in [0.05, 0.1) is 0 Å². The molecule has 1 aliphatic rings. The lowest BCUT2D eigenvalue weighted by atomic mass is 9.98. The second-order valence-electron chi connectivity index (χ2n) is 11.8. The van der Waals surface area contributed by atoms with Crippen molar-refractivity contribution in [1.29, 1.82) is 0 Å². The van der Waals surface area contributed by atoms with Gasteiger partial charge in [0.1, 0.15) is 0 Å². The van der Waals surface area contributed by atoms with Gasteiger partial charge >= 0.3 is 0 Å². The van der Waals surface area contributed by atoms with Crippen LogP contribution in [0.2, 0.25) is 0 Å². The maximum Gasteiger partial charge on any atom is -0.00606 e. The first kappa shape index (κ1) is 23.4. The van der Waals surface area contributed by atoms with Crippen LogP contribution in [0.5, 0.6) is 0 Å². The van der Waals surface area contributed by atoms with Crippen LogP contribution in [0.15, 0.2) is 24.3 Å². The van der Waals surface area contributed by atoms with Gasteiger partial charge in [-0.3, -0.25) is 0 Å². The monoisotopic (exact) mass is 406 g/mol. The highest BCUT2D eigenvalue weighted by atomic mass is 31.1. The van der Waals surface area contributed by atoms with Crippen molar-refractivity contribution in [2.75, 3.05) is 0 Å². The SMILES string of the molecule is CC(C)(C)P(Cc1ccccc1CP1C(C)(C)CCCC1(C)C)C(C)(C)C. The minimum Gasteiger partial charge on any atom is -0.0911 e. The van der Waals surface area contributed by atoms with Crippen LogP contribution in [0.1, 0.15) is 99.6 Å². The van der Waals surface area contributed by atoms with E-state index in [1.807, 2.05) is 0 Å². The lowest BCUT2D eigenvalue weighted by molar-refractivity contribution is 0.465. The molecule has 0 nitrogen and oxygen atoms in total. The topological polar surface area (TPSA) is 0 Å². The van der Waals surface area contributed by atoms with Crippen LogP contribution in [0.3, 0.4) is 0 Å². The summed E-state index contributed by atoms with van der Waals surface area (Å²) in [5.74, 6) is 0. The first-order chi connectivity index (χ1) is 12.1. The lowest BCUT2D eigenvalue weighted by Crippen LogP contribution is -2.35. The summed E-state index contributed by atoms with van der Waals surface area (Å²) in [6.45, 7) is 24.9. The normalized spacial score (nSPS) is 20.9. The van der Waals surface area contributed by atoms with E-state index in [0.717, 1.165) is 0 Å². The standard InChI is InChI=1S/C25H44P2/c1-22(2,3)26(23(4,5)6)18-20-14-11-12-15-21(20)19-27-24(7,8)16-13-17-25(27,9)10/h11-12,14-15H,13,16-19H2,1-10H3. The van der Waals surface area contributed by atoms with Crippen molar-refractivity contribution in [3.63, 3.8) is 0 Å². The van der Waals surface area contributed by atoms with Gasteiger partial charge in [-0.25, -0.2) is 0 Å². The molecule has 0 spiro atoms. The maximum atomic E-state index is 2.54. The van der Waals surface area contributed by atoms with Crippen LogP contribution in [0.25, 0.3) is 0 Å². The van der Waals surface area contributed by atoms with Crippen LogP contribution in [-0.4, -0.2) is 20.6 Å². The van der Waals surface area contributed by atoms with E-state index in [4.69, 9.17) is 0 Å². The largest absolute Gasteiger partial charge is 0.0911 e. The second kappa shape index (κ2) is 8.07. The Morgan fingerprint density at radius 3 is 1.70 bits per heavy atom. The molecule has 1 saturated heterocycles. The molecule has 0 atom stereocenters. The zero-order valence-electron chi connectivity index (χ0n) is 19.7. The summed E-state index contributed by atoms with van der Waals surface area (Å²) >= 11 is 0. The Morgan fingerprint density at radius 1 is 0.815 bits per heavy atom. The summed E-state index contributed by atoms with van der Waals surface area (Å²) in [5, 5.41) is 1.77. The fourth-order valence-corrected chi connectivity index (χ4v) is 12.8. The van der Waals surface area contributed by atoms with E-state index in [1.165, 1.54) is 31.6 Å². The minimum atomic E-state index is -0.0989. The molecule has 1 fully saturated rings. The van der Waals surface area contributed by atoms with E-state index < -0.39 is 0 Å². The Hall–Kier alpha value is 0.0800. The van der Waals surface area contributed by atoms with Crippen molar-refractivity contribution in [2.24, 2.45) is 0 Å². The van der Waals surface area contributed by atoms with E-state index in [-0.39, 0.29) is 15.8 Å². The first-order valence-corrected chi connectivity index (χ1v) is 13.8. The van der Waals surface area contributed by atoms with Gasteiger partial charge in [0.2, 0.25) is 0 Å². The van der Waals surface area contributed by atoms with E-state index in [2.05, 4.69) is 93.5 Å². The molecule has 154 valence electrons. The molecule has 1 heterocycles. The van der Waals surface area contributed by atoms with Crippen LogP contribution in [0.4, 0.5) is 0 Å². The Bertz CT molecular complexity index is 598. The quantitative estimate of drug-likeness (QED) is 0.438. The predicted molar refractivity (Wildman–Crippen MR) is 129 cm³/mol. The van der Waals surface area contributed by atoms with Crippen molar-refractivity contribution in [1.82, 2.24) is 0 Å². The van der Waals surface area contributed by atoms with Gasteiger partial charge in [-0.15, -0.1) is 0 Å². The van der Waals surface area contributed by atoms with Gasteiger partial charge in [0, 0.05) is 0 Å². The zero-order valence-corrected chi connectivity index (χ0v) is 21.5. The van der Waals surface area contributed by atoms with Gasteiger partial charge in [-0.05, 0) is 56.9 Å². The predicted octanol–water partition coefficient (Wildman–Crippen LogP) is 8.99. The molecule has 2 heteroatoms. The maximum absolute atomic E-state index is 2.54. The van der Waals surface area contributed by atoms with Crippen LogP contribution >= 0.6 is 15.8 Å². The van der Waals surface area contributed by atoms with Crippen molar-refractivity contribution in [2.45, 2.75) is 121 Å². The number of hydrogen-bond donors (Lipinski definition) is 0. The van der Waals surface area contributed by atoms with Gasteiger partial charge < -0.3 is 0 Å². The van der Waals surface area contributed by atoms with Crippen LogP contribution < -0.4 is 0 Å². The van der Waals surface area contributed by atoms with E-state index >= 15 is 0 Å². The highest BCUT2D eigenvalue weighted by molar-refractivity contribution is 7.60. The molecule has 1 aliphatic heterocycles. The average Bonchev–Trinajstić information content (AvgIpc) is 2.47. The Balaban J connectivity index is 2.35. The summed E-state index contributed by atoms with van der Waals surface area (Å²) in [5.41, 5.74) is 3.28. The van der Waals surface area contributed by atoms with Gasteiger partial charge in [0.25, 0.3) is 0 Å². The molecule has 0 amide bonds. The summed E-state index contributed by atoms with van der Waals surface area (Å²) in [7, 11) is -0.124. The third-order valence-corrected chi connectivity index (χ3v) is 14.4. The Morgan fingerprint density at radius 2 is 1.26 bits per heavy atom. The van der Waals surface area contributed by atoms with Crippen molar-refractivity contribution in [3.8, 4) is 0 Å². The van der Waals surface area contributed by atoms with Gasteiger partial charge in [-0.1, -0.05) is 116 Å². The molecule has 27 heavy (non-hydrogen) atoms. The molecular formula is C25H44P2.